The zero-order valence-corrected chi connectivity index (χ0v) is 18.6. The van der Waals surface area contributed by atoms with Gasteiger partial charge in [-0.25, -0.2) is 0 Å². The van der Waals surface area contributed by atoms with Crippen molar-refractivity contribution >= 4 is 11.6 Å². The smallest absolute Gasteiger partial charge is 0.139 e. The molecule has 0 N–H and O–H groups in total. The van der Waals surface area contributed by atoms with E-state index in [1.165, 1.54) is 77.0 Å². The molecule has 7 fully saturated rings. The maximum Gasteiger partial charge on any atom is 0.139 e. The van der Waals surface area contributed by atoms with Crippen LogP contribution in [0.4, 0.5) is 0 Å². The van der Waals surface area contributed by atoms with Crippen molar-refractivity contribution in [3.63, 3.8) is 0 Å². The van der Waals surface area contributed by atoms with Gasteiger partial charge in [-0.2, -0.15) is 0 Å². The standard InChI is InChI=1S/C28H40O2/c29-27-19-8-4-3-7-18(19)21-13-22-24(14-23(21)27)28(30)20-12-11-16-10-9-15-5-1-2-6-17(15)25(16)26(20)22/h15-26H,1-14H2. The summed E-state index contributed by atoms with van der Waals surface area (Å²) in [6, 6.07) is 0. The number of carbonyl (C=O) groups excluding carboxylic acids is 2. The monoisotopic (exact) mass is 408 g/mol. The van der Waals surface area contributed by atoms with Crippen LogP contribution in [-0.4, -0.2) is 11.6 Å². The molecule has 0 spiro atoms. The lowest BCUT2D eigenvalue weighted by atomic mass is 9.51. The van der Waals surface area contributed by atoms with Gasteiger partial charge in [0.15, 0.2) is 0 Å². The summed E-state index contributed by atoms with van der Waals surface area (Å²) in [4.78, 5) is 27.0. The van der Waals surface area contributed by atoms with Crippen molar-refractivity contribution in [2.24, 2.45) is 71.0 Å². The fourth-order valence-corrected chi connectivity index (χ4v) is 11.2. The predicted octanol–water partition coefficient (Wildman–Crippen LogP) is 6.08. The quantitative estimate of drug-likeness (QED) is 0.487. The molecule has 12 unspecified atom stereocenters. The van der Waals surface area contributed by atoms with Gasteiger partial charge in [-0.1, -0.05) is 32.1 Å². The number of Topliss-reactive ketones (excluding diaryl/α,β-unsaturated/α-hetero) is 2. The van der Waals surface area contributed by atoms with E-state index in [1.54, 1.807) is 0 Å². The molecule has 164 valence electrons. The second kappa shape index (κ2) is 6.92. The van der Waals surface area contributed by atoms with E-state index in [2.05, 4.69) is 0 Å². The van der Waals surface area contributed by atoms with Crippen LogP contribution in [0.1, 0.15) is 89.9 Å². The van der Waals surface area contributed by atoms with Gasteiger partial charge >= 0.3 is 0 Å². The van der Waals surface area contributed by atoms with E-state index in [9.17, 15) is 9.59 Å². The van der Waals surface area contributed by atoms with Gasteiger partial charge in [-0.15, -0.1) is 0 Å². The molecule has 0 aromatic heterocycles. The Bertz CT molecular complexity index is 741. The number of ketones is 2. The molecule has 0 aromatic rings. The third-order valence-electron chi connectivity index (χ3n) is 12.1. The molecular weight excluding hydrogens is 368 g/mol. The van der Waals surface area contributed by atoms with Crippen LogP contribution in [0.5, 0.6) is 0 Å². The van der Waals surface area contributed by atoms with Crippen LogP contribution in [0.2, 0.25) is 0 Å². The summed E-state index contributed by atoms with van der Waals surface area (Å²) in [7, 11) is 0. The SMILES string of the molecule is O=C1C2CCCCC2C2CC3C(CC12)C(=O)C1CCC2CCC4CCCCC4C2C13. The van der Waals surface area contributed by atoms with E-state index >= 15 is 0 Å². The molecule has 7 aliphatic carbocycles. The lowest BCUT2D eigenvalue weighted by molar-refractivity contribution is -0.129. The van der Waals surface area contributed by atoms with Crippen LogP contribution in [0, 0.1) is 71.0 Å². The van der Waals surface area contributed by atoms with Gasteiger partial charge in [-0.05, 0) is 105 Å². The maximum absolute atomic E-state index is 13.7. The third kappa shape index (κ3) is 2.49. The first-order chi connectivity index (χ1) is 14.7. The highest BCUT2D eigenvalue weighted by Gasteiger charge is 2.63. The highest BCUT2D eigenvalue weighted by atomic mass is 16.1. The Balaban J connectivity index is 1.23. The van der Waals surface area contributed by atoms with Gasteiger partial charge in [0.25, 0.3) is 0 Å². The Hall–Kier alpha value is -0.660. The van der Waals surface area contributed by atoms with Gasteiger partial charge in [0.1, 0.15) is 11.6 Å². The van der Waals surface area contributed by atoms with Crippen molar-refractivity contribution < 1.29 is 9.59 Å². The number of rotatable bonds is 0. The van der Waals surface area contributed by atoms with Gasteiger partial charge in [0.2, 0.25) is 0 Å². The Labute approximate surface area is 182 Å². The number of carbonyl (C=O) groups is 2. The van der Waals surface area contributed by atoms with Gasteiger partial charge < -0.3 is 0 Å². The molecule has 2 heteroatoms. The molecule has 7 rings (SSSR count). The van der Waals surface area contributed by atoms with Crippen LogP contribution in [-0.2, 0) is 9.59 Å². The lowest BCUT2D eigenvalue weighted by Crippen LogP contribution is -2.47. The fourth-order valence-electron chi connectivity index (χ4n) is 11.2. The minimum atomic E-state index is 0.257. The molecule has 12 atom stereocenters. The van der Waals surface area contributed by atoms with E-state index in [4.69, 9.17) is 0 Å². The van der Waals surface area contributed by atoms with Crippen molar-refractivity contribution in [1.82, 2.24) is 0 Å². The van der Waals surface area contributed by atoms with Crippen LogP contribution in [0.3, 0.4) is 0 Å². The summed E-state index contributed by atoms with van der Waals surface area (Å²) in [6.07, 6.45) is 18.5. The lowest BCUT2D eigenvalue weighted by Gasteiger charge is -2.54. The molecule has 0 aliphatic heterocycles. The third-order valence-corrected chi connectivity index (χ3v) is 12.1. The van der Waals surface area contributed by atoms with Gasteiger partial charge in [0, 0.05) is 23.7 Å². The Kier molecular flexibility index (Phi) is 4.35. The largest absolute Gasteiger partial charge is 0.299 e. The first kappa shape index (κ1) is 18.9. The molecule has 7 saturated carbocycles. The zero-order valence-electron chi connectivity index (χ0n) is 18.6. The Morgan fingerprint density at radius 3 is 2.00 bits per heavy atom. The fraction of sp³-hybridized carbons (Fsp3) is 0.929. The van der Waals surface area contributed by atoms with Crippen molar-refractivity contribution in [1.29, 1.82) is 0 Å². The van der Waals surface area contributed by atoms with Crippen molar-refractivity contribution in [2.75, 3.05) is 0 Å². The van der Waals surface area contributed by atoms with E-state index in [0.717, 1.165) is 36.5 Å². The summed E-state index contributed by atoms with van der Waals surface area (Å²) in [5.74, 6) is 8.82. The minimum absolute atomic E-state index is 0.257. The van der Waals surface area contributed by atoms with E-state index < -0.39 is 0 Å². The number of fused-ring (bicyclic) bond motifs is 10. The van der Waals surface area contributed by atoms with Crippen LogP contribution in [0.25, 0.3) is 0 Å². The second-order valence-corrected chi connectivity index (χ2v) is 12.8. The Morgan fingerprint density at radius 2 is 1.10 bits per heavy atom. The van der Waals surface area contributed by atoms with Crippen molar-refractivity contribution in [2.45, 2.75) is 89.9 Å². The molecule has 0 heterocycles. The first-order valence-corrected chi connectivity index (χ1v) is 13.8. The molecule has 0 amide bonds. The molecule has 2 nitrogen and oxygen atoms in total. The van der Waals surface area contributed by atoms with Crippen LogP contribution < -0.4 is 0 Å². The average molecular weight is 409 g/mol. The summed E-state index contributed by atoms with van der Waals surface area (Å²) >= 11 is 0. The predicted molar refractivity (Wildman–Crippen MR) is 117 cm³/mol. The molecule has 0 radical (unpaired) electrons. The molecule has 30 heavy (non-hydrogen) atoms. The van der Waals surface area contributed by atoms with Gasteiger partial charge in [-0.3, -0.25) is 9.59 Å². The highest BCUT2D eigenvalue weighted by Crippen LogP contribution is 2.65. The summed E-state index contributed by atoms with van der Waals surface area (Å²) in [5, 5.41) is 0. The maximum atomic E-state index is 13.7. The molecular formula is C28H40O2. The normalized spacial score (nSPS) is 56.9. The second-order valence-electron chi connectivity index (χ2n) is 12.8. The van der Waals surface area contributed by atoms with Gasteiger partial charge in [0.05, 0.1) is 0 Å². The molecule has 7 aliphatic rings. The van der Waals surface area contributed by atoms with Crippen molar-refractivity contribution in [3.8, 4) is 0 Å². The Morgan fingerprint density at radius 1 is 0.433 bits per heavy atom. The highest BCUT2D eigenvalue weighted by molar-refractivity contribution is 5.90. The molecule has 0 saturated heterocycles. The summed E-state index contributed by atoms with van der Waals surface area (Å²) < 4.78 is 0. The topological polar surface area (TPSA) is 34.1 Å². The first-order valence-electron chi connectivity index (χ1n) is 13.8. The summed E-state index contributed by atoms with van der Waals surface area (Å²) in [5.41, 5.74) is 0. The van der Waals surface area contributed by atoms with Crippen LogP contribution >= 0.6 is 0 Å². The number of hydrogen-bond donors (Lipinski definition) is 0. The summed E-state index contributed by atoms with van der Waals surface area (Å²) in [6.45, 7) is 0. The van der Waals surface area contributed by atoms with E-state index in [-0.39, 0.29) is 11.8 Å². The average Bonchev–Trinajstić information content (AvgIpc) is 3.24. The molecule has 0 aromatic carbocycles. The van der Waals surface area contributed by atoms with E-state index in [0.29, 0.717) is 47.1 Å². The van der Waals surface area contributed by atoms with E-state index in [1.807, 2.05) is 0 Å². The number of hydrogen-bond acceptors (Lipinski definition) is 2. The zero-order chi connectivity index (χ0) is 20.0. The minimum Gasteiger partial charge on any atom is -0.299 e. The van der Waals surface area contributed by atoms with Crippen LogP contribution in [0.15, 0.2) is 0 Å². The molecule has 0 bridgehead atoms. The van der Waals surface area contributed by atoms with Crippen molar-refractivity contribution in [3.05, 3.63) is 0 Å².